The fourth-order valence-corrected chi connectivity index (χ4v) is 2.16. The Morgan fingerprint density at radius 3 is 2.87 bits per heavy atom. The molecule has 0 amide bonds. The molecule has 0 atom stereocenters. The first-order valence-corrected chi connectivity index (χ1v) is 5.44. The summed E-state index contributed by atoms with van der Waals surface area (Å²) < 4.78 is 2.81. The van der Waals surface area contributed by atoms with E-state index in [2.05, 4.69) is 15.9 Å². The summed E-state index contributed by atoms with van der Waals surface area (Å²) in [5, 5.41) is 9.84. The molecule has 0 saturated heterocycles. The van der Waals surface area contributed by atoms with Gasteiger partial charge in [-0.2, -0.15) is 0 Å². The number of aromatic carboxylic acids is 1. The molecule has 0 aliphatic carbocycles. The second kappa shape index (κ2) is 3.70. The van der Waals surface area contributed by atoms with E-state index in [9.17, 15) is 4.79 Å². The Morgan fingerprint density at radius 2 is 2.27 bits per heavy atom. The lowest BCUT2D eigenvalue weighted by atomic mass is 10.1. The van der Waals surface area contributed by atoms with Crippen molar-refractivity contribution in [2.45, 2.75) is 13.5 Å². The van der Waals surface area contributed by atoms with E-state index in [1.165, 1.54) is 0 Å². The maximum atomic E-state index is 11.0. The van der Waals surface area contributed by atoms with Crippen LogP contribution in [0.1, 0.15) is 17.3 Å². The molecule has 0 aliphatic heterocycles. The van der Waals surface area contributed by atoms with Crippen molar-refractivity contribution in [3.63, 3.8) is 0 Å². The van der Waals surface area contributed by atoms with Crippen LogP contribution < -0.4 is 0 Å². The molecule has 1 aromatic heterocycles. The second-order valence-corrected chi connectivity index (χ2v) is 4.21. The molecule has 0 bridgehead atoms. The SMILES string of the molecule is CCn1ccc2c(C(=O)O)cc(Br)cc21. The Hall–Kier alpha value is -1.29. The highest BCUT2D eigenvalue weighted by Crippen LogP contribution is 2.25. The lowest BCUT2D eigenvalue weighted by molar-refractivity contribution is 0.0699. The van der Waals surface area contributed by atoms with Gasteiger partial charge >= 0.3 is 5.97 Å². The molecule has 3 nitrogen and oxygen atoms in total. The number of nitrogens with zero attached hydrogens (tertiary/aromatic N) is 1. The zero-order valence-corrected chi connectivity index (χ0v) is 9.78. The Balaban J connectivity index is 2.82. The van der Waals surface area contributed by atoms with Gasteiger partial charge in [-0.1, -0.05) is 15.9 Å². The van der Waals surface area contributed by atoms with Gasteiger partial charge in [0.25, 0.3) is 0 Å². The predicted octanol–water partition coefficient (Wildman–Crippen LogP) is 3.12. The summed E-state index contributed by atoms with van der Waals surface area (Å²) >= 11 is 3.32. The van der Waals surface area contributed by atoms with Crippen molar-refractivity contribution in [2.75, 3.05) is 0 Å². The van der Waals surface area contributed by atoms with Crippen LogP contribution in [0.2, 0.25) is 0 Å². The van der Waals surface area contributed by atoms with Crippen molar-refractivity contribution >= 4 is 32.8 Å². The highest BCUT2D eigenvalue weighted by atomic mass is 79.9. The number of aromatic nitrogens is 1. The molecular weight excluding hydrogens is 258 g/mol. The van der Waals surface area contributed by atoms with Gasteiger partial charge < -0.3 is 9.67 Å². The summed E-state index contributed by atoms with van der Waals surface area (Å²) in [7, 11) is 0. The number of rotatable bonds is 2. The molecule has 2 rings (SSSR count). The van der Waals surface area contributed by atoms with Gasteiger partial charge in [0.2, 0.25) is 0 Å². The number of fused-ring (bicyclic) bond motifs is 1. The van der Waals surface area contributed by atoms with E-state index in [0.717, 1.165) is 21.9 Å². The van der Waals surface area contributed by atoms with E-state index in [1.54, 1.807) is 6.07 Å². The molecule has 1 heterocycles. The van der Waals surface area contributed by atoms with Gasteiger partial charge in [0, 0.05) is 28.1 Å². The van der Waals surface area contributed by atoms with E-state index in [1.807, 2.05) is 29.8 Å². The van der Waals surface area contributed by atoms with Gasteiger partial charge in [-0.3, -0.25) is 0 Å². The molecule has 0 radical (unpaired) electrons. The van der Waals surface area contributed by atoms with Crippen LogP contribution in [0.3, 0.4) is 0 Å². The molecule has 0 unspecified atom stereocenters. The number of carboxylic acid groups (broad SMARTS) is 1. The first-order chi connectivity index (χ1) is 7.13. The average Bonchev–Trinajstić information content (AvgIpc) is 2.58. The number of hydrogen-bond acceptors (Lipinski definition) is 1. The molecule has 0 aliphatic rings. The Labute approximate surface area is 95.5 Å². The predicted molar refractivity (Wildman–Crippen MR) is 62.3 cm³/mol. The van der Waals surface area contributed by atoms with Crippen LogP contribution in [0.15, 0.2) is 28.9 Å². The zero-order valence-electron chi connectivity index (χ0n) is 8.20. The lowest BCUT2D eigenvalue weighted by Gasteiger charge is -2.03. The maximum absolute atomic E-state index is 11.0. The number of halogens is 1. The summed E-state index contributed by atoms with van der Waals surface area (Å²) in [4.78, 5) is 11.0. The lowest BCUT2D eigenvalue weighted by Crippen LogP contribution is -1.98. The largest absolute Gasteiger partial charge is 0.478 e. The van der Waals surface area contributed by atoms with E-state index in [0.29, 0.717) is 5.56 Å². The van der Waals surface area contributed by atoms with Gasteiger partial charge in [-0.05, 0) is 25.1 Å². The Morgan fingerprint density at radius 1 is 1.53 bits per heavy atom. The van der Waals surface area contributed by atoms with Crippen LogP contribution in [-0.2, 0) is 6.54 Å². The van der Waals surface area contributed by atoms with Crippen molar-refractivity contribution in [2.24, 2.45) is 0 Å². The number of benzene rings is 1. The third-order valence-electron chi connectivity index (χ3n) is 2.42. The molecule has 2 aromatic rings. The minimum absolute atomic E-state index is 0.339. The fourth-order valence-electron chi connectivity index (χ4n) is 1.71. The first-order valence-electron chi connectivity index (χ1n) is 4.65. The van der Waals surface area contributed by atoms with Crippen LogP contribution in [0.4, 0.5) is 0 Å². The van der Waals surface area contributed by atoms with Gasteiger partial charge in [-0.25, -0.2) is 4.79 Å². The molecule has 4 heteroatoms. The highest BCUT2D eigenvalue weighted by Gasteiger charge is 2.11. The normalized spacial score (nSPS) is 10.8. The van der Waals surface area contributed by atoms with Crippen LogP contribution in [0.25, 0.3) is 10.9 Å². The Kier molecular flexibility index (Phi) is 2.52. The molecule has 0 saturated carbocycles. The maximum Gasteiger partial charge on any atom is 0.336 e. The van der Waals surface area contributed by atoms with Gasteiger partial charge in [0.05, 0.1) is 5.56 Å². The third kappa shape index (κ3) is 1.65. The van der Waals surface area contributed by atoms with E-state index in [-0.39, 0.29) is 0 Å². The number of hydrogen-bond donors (Lipinski definition) is 1. The second-order valence-electron chi connectivity index (χ2n) is 3.29. The van der Waals surface area contributed by atoms with Crippen molar-refractivity contribution in [1.82, 2.24) is 4.57 Å². The summed E-state index contributed by atoms with van der Waals surface area (Å²) in [5.74, 6) is -0.893. The molecule has 0 fully saturated rings. The van der Waals surface area contributed by atoms with Gasteiger partial charge in [0.1, 0.15) is 0 Å². The first kappa shape index (κ1) is 10.2. The molecule has 0 spiro atoms. The summed E-state index contributed by atoms with van der Waals surface area (Å²) in [6.45, 7) is 2.86. The zero-order chi connectivity index (χ0) is 11.0. The summed E-state index contributed by atoms with van der Waals surface area (Å²) in [6, 6.07) is 5.41. The van der Waals surface area contributed by atoms with Crippen LogP contribution in [0.5, 0.6) is 0 Å². The Bertz CT molecular complexity index is 531. The number of carbonyl (C=O) groups is 1. The summed E-state index contributed by atoms with van der Waals surface area (Å²) in [6.07, 6.45) is 1.91. The fraction of sp³-hybridized carbons (Fsp3) is 0.182. The van der Waals surface area contributed by atoms with Gasteiger partial charge in [-0.15, -0.1) is 0 Å². The minimum atomic E-state index is -0.893. The molecule has 1 N–H and O–H groups in total. The molecular formula is C11H10BrNO2. The van der Waals surface area contributed by atoms with Crippen LogP contribution in [-0.4, -0.2) is 15.6 Å². The van der Waals surface area contributed by atoms with Crippen molar-refractivity contribution in [3.05, 3.63) is 34.4 Å². The smallest absolute Gasteiger partial charge is 0.336 e. The van der Waals surface area contributed by atoms with E-state index >= 15 is 0 Å². The average molecular weight is 268 g/mol. The van der Waals surface area contributed by atoms with Crippen molar-refractivity contribution < 1.29 is 9.90 Å². The monoisotopic (exact) mass is 267 g/mol. The molecule has 1 aromatic carbocycles. The van der Waals surface area contributed by atoms with Crippen LogP contribution in [0, 0.1) is 0 Å². The number of aryl methyl sites for hydroxylation is 1. The van der Waals surface area contributed by atoms with Gasteiger partial charge in [0.15, 0.2) is 0 Å². The topological polar surface area (TPSA) is 42.2 Å². The standard InChI is InChI=1S/C11H10BrNO2/c1-2-13-4-3-8-9(11(14)15)5-7(12)6-10(8)13/h3-6H,2H2,1H3,(H,14,15). The van der Waals surface area contributed by atoms with E-state index < -0.39 is 5.97 Å². The van der Waals surface area contributed by atoms with Crippen LogP contribution >= 0.6 is 15.9 Å². The summed E-state index contributed by atoms with van der Waals surface area (Å²) in [5.41, 5.74) is 1.29. The van der Waals surface area contributed by atoms with E-state index in [4.69, 9.17) is 5.11 Å². The minimum Gasteiger partial charge on any atom is -0.478 e. The third-order valence-corrected chi connectivity index (χ3v) is 2.88. The number of carboxylic acids is 1. The molecule has 15 heavy (non-hydrogen) atoms. The molecule has 78 valence electrons. The van der Waals surface area contributed by atoms with Crippen molar-refractivity contribution in [3.8, 4) is 0 Å². The quantitative estimate of drug-likeness (QED) is 0.909. The highest BCUT2D eigenvalue weighted by molar-refractivity contribution is 9.10. The van der Waals surface area contributed by atoms with Crippen molar-refractivity contribution in [1.29, 1.82) is 0 Å².